The van der Waals surface area contributed by atoms with E-state index in [1.54, 1.807) is 19.3 Å². The Bertz CT molecular complexity index is 644. The Morgan fingerprint density at radius 2 is 2.33 bits per heavy atom. The molecule has 7 heteroatoms. The maximum atomic E-state index is 12.3. The molecule has 2 aromatic rings. The molecule has 1 aliphatic carbocycles. The first-order valence-electron chi connectivity index (χ1n) is 6.61. The number of hydrogen-bond donors (Lipinski definition) is 0. The SMILES string of the molecule is CN(C(=O)c1cnc(OCC2CC2)c(Cl)c1)c1nccs1. The lowest BCUT2D eigenvalue weighted by atomic mass is 10.2. The van der Waals surface area contributed by atoms with Crippen LogP contribution in [0.2, 0.25) is 5.02 Å². The van der Waals surface area contributed by atoms with E-state index in [4.69, 9.17) is 16.3 Å². The summed E-state index contributed by atoms with van der Waals surface area (Å²) < 4.78 is 5.55. The Morgan fingerprint density at radius 3 is 2.95 bits per heavy atom. The van der Waals surface area contributed by atoms with Gasteiger partial charge in [0.1, 0.15) is 5.02 Å². The Labute approximate surface area is 131 Å². The van der Waals surface area contributed by atoms with Crippen molar-refractivity contribution in [3.8, 4) is 5.88 Å². The van der Waals surface area contributed by atoms with E-state index in [0.29, 0.717) is 34.1 Å². The molecule has 110 valence electrons. The van der Waals surface area contributed by atoms with E-state index < -0.39 is 0 Å². The first-order chi connectivity index (χ1) is 10.1. The molecule has 1 fully saturated rings. The summed E-state index contributed by atoms with van der Waals surface area (Å²) in [5.41, 5.74) is 0.413. The van der Waals surface area contributed by atoms with Crippen LogP contribution >= 0.6 is 22.9 Å². The lowest BCUT2D eigenvalue weighted by Crippen LogP contribution is -2.26. The maximum Gasteiger partial charge on any atom is 0.261 e. The van der Waals surface area contributed by atoms with Gasteiger partial charge in [0.15, 0.2) is 5.13 Å². The lowest BCUT2D eigenvalue weighted by Gasteiger charge is -2.14. The molecule has 1 amide bonds. The zero-order valence-corrected chi connectivity index (χ0v) is 13.0. The van der Waals surface area contributed by atoms with Gasteiger partial charge in [0.25, 0.3) is 5.91 Å². The van der Waals surface area contributed by atoms with E-state index in [1.807, 2.05) is 5.38 Å². The van der Waals surface area contributed by atoms with Crippen LogP contribution in [0.15, 0.2) is 23.8 Å². The van der Waals surface area contributed by atoms with Gasteiger partial charge in [-0.2, -0.15) is 0 Å². The first kappa shape index (κ1) is 14.3. The summed E-state index contributed by atoms with van der Waals surface area (Å²) >= 11 is 7.53. The number of hydrogen-bond acceptors (Lipinski definition) is 5. The van der Waals surface area contributed by atoms with Gasteiger partial charge in [-0.3, -0.25) is 9.69 Å². The number of amides is 1. The van der Waals surface area contributed by atoms with Crippen LogP contribution < -0.4 is 9.64 Å². The Morgan fingerprint density at radius 1 is 1.52 bits per heavy atom. The van der Waals surface area contributed by atoms with Crippen LogP contribution in [0, 0.1) is 5.92 Å². The number of aromatic nitrogens is 2. The molecule has 0 spiro atoms. The maximum absolute atomic E-state index is 12.3. The number of pyridine rings is 1. The fourth-order valence-corrected chi connectivity index (χ4v) is 2.62. The topological polar surface area (TPSA) is 55.3 Å². The van der Waals surface area contributed by atoms with E-state index in [1.165, 1.54) is 35.3 Å². The minimum atomic E-state index is -0.201. The van der Waals surface area contributed by atoms with E-state index in [9.17, 15) is 4.79 Å². The Kier molecular flexibility index (Phi) is 4.07. The van der Waals surface area contributed by atoms with Gasteiger partial charge in [0, 0.05) is 24.8 Å². The van der Waals surface area contributed by atoms with Crippen molar-refractivity contribution in [1.82, 2.24) is 9.97 Å². The molecule has 2 aromatic heterocycles. The fourth-order valence-electron chi connectivity index (χ4n) is 1.79. The van der Waals surface area contributed by atoms with Crippen LogP contribution in [0.3, 0.4) is 0 Å². The summed E-state index contributed by atoms with van der Waals surface area (Å²) in [7, 11) is 1.67. The molecule has 3 rings (SSSR count). The van der Waals surface area contributed by atoms with Crippen molar-refractivity contribution < 1.29 is 9.53 Å². The fraction of sp³-hybridized carbons (Fsp3) is 0.357. The largest absolute Gasteiger partial charge is 0.476 e. The Hall–Kier alpha value is -1.66. The minimum Gasteiger partial charge on any atom is -0.476 e. The number of nitrogens with zero attached hydrogens (tertiary/aromatic N) is 3. The van der Waals surface area contributed by atoms with Crippen LogP contribution in [0.1, 0.15) is 23.2 Å². The predicted octanol–water partition coefficient (Wildman–Crippen LogP) is 3.26. The molecular weight excluding hydrogens is 310 g/mol. The van der Waals surface area contributed by atoms with Gasteiger partial charge >= 0.3 is 0 Å². The standard InChI is InChI=1S/C14H14ClN3O2S/c1-18(14-16-4-5-21-14)13(19)10-6-11(15)12(17-7-10)20-8-9-2-3-9/h4-7,9H,2-3,8H2,1H3. The summed E-state index contributed by atoms with van der Waals surface area (Å²) in [4.78, 5) is 22.1. The molecule has 0 aromatic carbocycles. The zero-order valence-electron chi connectivity index (χ0n) is 11.5. The van der Waals surface area contributed by atoms with Crippen molar-refractivity contribution in [2.45, 2.75) is 12.8 Å². The van der Waals surface area contributed by atoms with E-state index in [0.717, 1.165) is 0 Å². The number of thiazole rings is 1. The zero-order chi connectivity index (χ0) is 14.8. The minimum absolute atomic E-state index is 0.201. The second kappa shape index (κ2) is 5.99. The third-order valence-corrected chi connectivity index (χ3v) is 4.34. The van der Waals surface area contributed by atoms with Crippen molar-refractivity contribution in [3.63, 3.8) is 0 Å². The van der Waals surface area contributed by atoms with Crippen LogP contribution in [0.5, 0.6) is 5.88 Å². The van der Waals surface area contributed by atoms with Crippen LogP contribution in [0.25, 0.3) is 0 Å². The highest BCUT2D eigenvalue weighted by atomic mass is 35.5. The van der Waals surface area contributed by atoms with Crippen LogP contribution in [-0.2, 0) is 0 Å². The van der Waals surface area contributed by atoms with Crippen molar-refractivity contribution in [2.24, 2.45) is 5.92 Å². The molecule has 0 saturated heterocycles. The highest BCUT2D eigenvalue weighted by molar-refractivity contribution is 7.13. The molecule has 0 atom stereocenters. The highest BCUT2D eigenvalue weighted by Gasteiger charge is 2.23. The number of anilines is 1. The number of halogens is 1. The summed E-state index contributed by atoms with van der Waals surface area (Å²) in [6, 6.07) is 1.59. The molecule has 21 heavy (non-hydrogen) atoms. The van der Waals surface area contributed by atoms with Gasteiger partial charge in [-0.05, 0) is 24.8 Å². The molecular formula is C14H14ClN3O2S. The summed E-state index contributed by atoms with van der Waals surface area (Å²) in [5, 5.41) is 2.80. The van der Waals surface area contributed by atoms with Gasteiger partial charge in [-0.25, -0.2) is 9.97 Å². The third kappa shape index (κ3) is 3.33. The monoisotopic (exact) mass is 323 g/mol. The molecule has 5 nitrogen and oxygen atoms in total. The van der Waals surface area contributed by atoms with E-state index in [2.05, 4.69) is 9.97 Å². The average molecular weight is 324 g/mol. The van der Waals surface area contributed by atoms with Crippen molar-refractivity contribution in [3.05, 3.63) is 34.4 Å². The summed E-state index contributed by atoms with van der Waals surface area (Å²) in [6.07, 6.45) is 5.55. The van der Waals surface area contributed by atoms with Gasteiger partial charge < -0.3 is 4.74 Å². The first-order valence-corrected chi connectivity index (χ1v) is 7.87. The lowest BCUT2D eigenvalue weighted by molar-refractivity contribution is 0.0992. The van der Waals surface area contributed by atoms with Crippen molar-refractivity contribution in [1.29, 1.82) is 0 Å². The molecule has 0 unspecified atom stereocenters. The molecule has 2 heterocycles. The van der Waals surface area contributed by atoms with Crippen molar-refractivity contribution >= 4 is 34.0 Å². The normalized spacial score (nSPS) is 14.0. The highest BCUT2D eigenvalue weighted by Crippen LogP contribution is 2.31. The smallest absolute Gasteiger partial charge is 0.261 e. The second-order valence-corrected chi connectivity index (χ2v) is 6.22. The number of rotatable bonds is 5. The number of ether oxygens (including phenoxy) is 1. The summed E-state index contributed by atoms with van der Waals surface area (Å²) in [5.74, 6) is 0.810. The molecule has 0 aliphatic heterocycles. The quantitative estimate of drug-likeness (QED) is 0.847. The number of carbonyl (C=O) groups is 1. The van der Waals surface area contributed by atoms with Crippen LogP contribution in [0.4, 0.5) is 5.13 Å². The van der Waals surface area contributed by atoms with Gasteiger partial charge in [-0.15, -0.1) is 11.3 Å². The molecule has 1 aliphatic rings. The van der Waals surface area contributed by atoms with E-state index in [-0.39, 0.29) is 5.91 Å². The summed E-state index contributed by atoms with van der Waals surface area (Å²) in [6.45, 7) is 0.638. The molecule has 0 N–H and O–H groups in total. The second-order valence-electron chi connectivity index (χ2n) is 4.94. The predicted molar refractivity (Wildman–Crippen MR) is 82.3 cm³/mol. The molecule has 1 saturated carbocycles. The molecule has 0 bridgehead atoms. The van der Waals surface area contributed by atoms with Gasteiger partial charge in [0.05, 0.1) is 12.2 Å². The van der Waals surface area contributed by atoms with Gasteiger partial charge in [-0.1, -0.05) is 11.6 Å². The van der Waals surface area contributed by atoms with Gasteiger partial charge in [0.2, 0.25) is 5.88 Å². The Balaban J connectivity index is 1.72. The molecule has 0 radical (unpaired) electrons. The van der Waals surface area contributed by atoms with Crippen molar-refractivity contribution in [2.75, 3.05) is 18.6 Å². The van der Waals surface area contributed by atoms with Crippen LogP contribution in [-0.4, -0.2) is 29.5 Å². The average Bonchev–Trinajstić information content (AvgIpc) is 3.15. The third-order valence-electron chi connectivity index (χ3n) is 3.22. The number of carbonyl (C=O) groups excluding carboxylic acids is 1. The van der Waals surface area contributed by atoms with E-state index >= 15 is 0 Å².